The molecule has 3 rings (SSSR count). The van der Waals surface area contributed by atoms with Gasteiger partial charge < -0.3 is 14.6 Å². The zero-order valence-corrected chi connectivity index (χ0v) is 14.6. The molecule has 1 fully saturated rings. The molecule has 136 valence electrons. The number of carbonyl (C=O) groups excluding carboxylic acids is 2. The Morgan fingerprint density at radius 1 is 1.46 bits per heavy atom. The fourth-order valence-electron chi connectivity index (χ4n) is 2.86. The molecule has 0 aliphatic carbocycles. The second-order valence-electron chi connectivity index (χ2n) is 5.63. The third kappa shape index (κ3) is 3.05. The third-order valence-corrected chi connectivity index (χ3v) is 5.44. The van der Waals surface area contributed by atoms with Crippen LogP contribution < -0.4 is 0 Å². The molecule has 1 aromatic heterocycles. The number of hydrogen-bond acceptors (Lipinski definition) is 7. The number of fused-ring (bicyclic) bond motifs is 1. The molecule has 26 heavy (non-hydrogen) atoms. The van der Waals surface area contributed by atoms with Crippen molar-refractivity contribution in [2.45, 2.75) is 18.4 Å². The normalized spacial score (nSPS) is 22.3. The number of carboxylic acid groups (broad SMARTS) is 1. The van der Waals surface area contributed by atoms with Gasteiger partial charge in [0.15, 0.2) is 0 Å². The first kappa shape index (κ1) is 18.0. The van der Waals surface area contributed by atoms with Crippen LogP contribution in [-0.2, 0) is 19.1 Å². The quantitative estimate of drug-likeness (QED) is 0.457. The lowest BCUT2D eigenvalue weighted by Gasteiger charge is -2.44. The highest BCUT2D eigenvalue weighted by Crippen LogP contribution is 2.53. The minimum Gasteiger partial charge on any atom is -0.477 e. The number of aromatic nitrogens is 1. The van der Waals surface area contributed by atoms with Crippen molar-refractivity contribution in [2.75, 3.05) is 6.61 Å². The molecule has 3 atom stereocenters. The number of carboxylic acids is 1. The summed E-state index contributed by atoms with van der Waals surface area (Å²) in [6.45, 7) is 5.02. The first-order chi connectivity index (χ1) is 12.5. The third-order valence-electron chi connectivity index (χ3n) is 4.03. The molecule has 3 heterocycles. The van der Waals surface area contributed by atoms with Crippen LogP contribution in [0.15, 0.2) is 42.9 Å². The Hall–Kier alpha value is -2.81. The molecule has 0 saturated carbocycles. The fourth-order valence-corrected chi connectivity index (χ4v) is 4.47. The first-order valence-electron chi connectivity index (χ1n) is 7.77. The number of carbonyl (C=O) groups is 3. The molecule has 2 aliphatic rings. The van der Waals surface area contributed by atoms with Gasteiger partial charge in [0.05, 0.1) is 0 Å². The van der Waals surface area contributed by atoms with Crippen LogP contribution >= 0.6 is 11.8 Å². The van der Waals surface area contributed by atoms with Crippen LogP contribution in [0, 0.1) is 5.92 Å². The van der Waals surface area contributed by atoms with Crippen LogP contribution in [-0.4, -0.2) is 51.1 Å². The molecular formula is C17H16N2O6S. The summed E-state index contributed by atoms with van der Waals surface area (Å²) in [4.78, 5) is 41.4. The van der Waals surface area contributed by atoms with E-state index in [0.29, 0.717) is 10.5 Å². The summed E-state index contributed by atoms with van der Waals surface area (Å²) < 4.78 is 9.88. The van der Waals surface area contributed by atoms with Crippen LogP contribution in [0.4, 0.5) is 4.79 Å². The molecule has 1 aromatic rings. The number of β-lactam (4-membered cyclic amide) rings is 1. The number of hydrogen-bond donors (Lipinski definition) is 1. The summed E-state index contributed by atoms with van der Waals surface area (Å²) >= 11 is 1.26. The number of rotatable bonds is 6. The summed E-state index contributed by atoms with van der Waals surface area (Å²) in [5.74, 6) is -2.23. The van der Waals surface area contributed by atoms with Crippen LogP contribution in [0.5, 0.6) is 0 Å². The summed E-state index contributed by atoms with van der Waals surface area (Å²) in [6, 6.07) is 3.37. The van der Waals surface area contributed by atoms with Gasteiger partial charge in [0.1, 0.15) is 29.7 Å². The van der Waals surface area contributed by atoms with Crippen LogP contribution in [0.1, 0.15) is 12.5 Å². The van der Waals surface area contributed by atoms with Crippen molar-refractivity contribution in [1.29, 1.82) is 0 Å². The Kier molecular flexibility index (Phi) is 4.99. The molecule has 9 heteroatoms. The number of amides is 1. The van der Waals surface area contributed by atoms with E-state index in [2.05, 4.69) is 11.6 Å². The maximum atomic E-state index is 12.5. The molecule has 0 unspecified atom stereocenters. The van der Waals surface area contributed by atoms with Gasteiger partial charge in [-0.15, -0.1) is 0 Å². The second-order valence-corrected chi connectivity index (χ2v) is 6.76. The Morgan fingerprint density at radius 3 is 2.77 bits per heavy atom. The standard InChI is InChI=1S/C17H16N2O6S/c1-3-8-24-17(23)25-9(2)11-14(20)19-12(16(21)22)13(26-15(11)19)10-4-6-18-7-5-10/h3-7,9,11,15H,1,8H2,2H3,(H,21,22)/t9-,11+,15-/m1/s1. The van der Waals surface area contributed by atoms with Crippen molar-refractivity contribution in [3.63, 3.8) is 0 Å². The van der Waals surface area contributed by atoms with E-state index < -0.39 is 35.4 Å². The minimum absolute atomic E-state index is 0.00534. The van der Waals surface area contributed by atoms with E-state index in [9.17, 15) is 19.5 Å². The van der Waals surface area contributed by atoms with E-state index in [1.807, 2.05) is 0 Å². The Morgan fingerprint density at radius 2 is 2.15 bits per heavy atom. The van der Waals surface area contributed by atoms with Gasteiger partial charge in [-0.25, -0.2) is 9.59 Å². The van der Waals surface area contributed by atoms with Gasteiger partial charge in [-0.1, -0.05) is 24.4 Å². The number of ether oxygens (including phenoxy) is 2. The smallest absolute Gasteiger partial charge is 0.477 e. The molecule has 8 nitrogen and oxygen atoms in total. The molecule has 0 spiro atoms. The molecule has 1 N–H and O–H groups in total. The molecule has 0 bridgehead atoms. The van der Waals surface area contributed by atoms with Crippen LogP contribution in [0.2, 0.25) is 0 Å². The summed E-state index contributed by atoms with van der Waals surface area (Å²) in [5, 5.41) is 9.11. The van der Waals surface area contributed by atoms with Crippen LogP contribution in [0.3, 0.4) is 0 Å². The van der Waals surface area contributed by atoms with E-state index in [4.69, 9.17) is 9.47 Å². The molecule has 2 aliphatic heterocycles. The van der Waals surface area contributed by atoms with E-state index >= 15 is 0 Å². The minimum atomic E-state index is -1.18. The predicted molar refractivity (Wildman–Crippen MR) is 92.6 cm³/mol. The SMILES string of the molecule is C=CCOC(=O)O[C@H](C)[C@H]1C(=O)N2C(C(=O)O)=C(c3ccncc3)S[C@H]12. The zero-order chi connectivity index (χ0) is 18.8. The Balaban J connectivity index is 1.78. The van der Waals surface area contributed by atoms with Gasteiger partial charge in [-0.05, 0) is 24.6 Å². The largest absolute Gasteiger partial charge is 0.508 e. The average molecular weight is 376 g/mol. The van der Waals surface area contributed by atoms with Crippen molar-refractivity contribution < 1.29 is 29.0 Å². The van der Waals surface area contributed by atoms with Crippen molar-refractivity contribution in [2.24, 2.45) is 5.92 Å². The lowest BCUT2D eigenvalue weighted by atomic mass is 9.92. The fraction of sp³-hybridized carbons (Fsp3) is 0.294. The van der Waals surface area contributed by atoms with E-state index in [-0.39, 0.29) is 12.3 Å². The number of aliphatic carboxylic acids is 1. The van der Waals surface area contributed by atoms with Gasteiger partial charge in [0.2, 0.25) is 5.91 Å². The van der Waals surface area contributed by atoms with Crippen molar-refractivity contribution in [1.82, 2.24) is 9.88 Å². The van der Waals surface area contributed by atoms with E-state index in [1.54, 1.807) is 31.5 Å². The molecule has 1 amide bonds. The summed E-state index contributed by atoms with van der Waals surface area (Å²) in [6.07, 6.45) is 2.86. The number of pyridine rings is 1. The summed E-state index contributed by atoms with van der Waals surface area (Å²) in [5.41, 5.74) is 0.608. The molecular weight excluding hydrogens is 360 g/mol. The number of thioether (sulfide) groups is 1. The van der Waals surface area contributed by atoms with Crippen molar-refractivity contribution in [3.8, 4) is 0 Å². The van der Waals surface area contributed by atoms with E-state index in [1.165, 1.54) is 22.7 Å². The highest BCUT2D eigenvalue weighted by Gasteiger charge is 2.58. The monoisotopic (exact) mass is 376 g/mol. The van der Waals surface area contributed by atoms with Gasteiger partial charge >= 0.3 is 12.1 Å². The predicted octanol–water partition coefficient (Wildman–Crippen LogP) is 2.09. The first-order valence-corrected chi connectivity index (χ1v) is 8.65. The number of nitrogens with zero attached hydrogens (tertiary/aromatic N) is 2. The molecule has 1 saturated heterocycles. The topological polar surface area (TPSA) is 106 Å². The highest BCUT2D eigenvalue weighted by atomic mass is 32.2. The van der Waals surface area contributed by atoms with Gasteiger partial charge in [-0.2, -0.15) is 0 Å². The average Bonchev–Trinajstić information content (AvgIpc) is 2.96. The Bertz CT molecular complexity index is 794. The maximum absolute atomic E-state index is 12.5. The zero-order valence-electron chi connectivity index (χ0n) is 13.8. The van der Waals surface area contributed by atoms with E-state index in [0.717, 1.165) is 0 Å². The van der Waals surface area contributed by atoms with Crippen LogP contribution in [0.25, 0.3) is 4.91 Å². The molecule has 0 radical (unpaired) electrons. The highest BCUT2D eigenvalue weighted by molar-refractivity contribution is 8.09. The lowest BCUT2D eigenvalue weighted by Crippen LogP contribution is -2.61. The lowest BCUT2D eigenvalue weighted by molar-refractivity contribution is -0.157. The van der Waals surface area contributed by atoms with Gasteiger partial charge in [-0.3, -0.25) is 14.7 Å². The summed E-state index contributed by atoms with van der Waals surface area (Å²) in [7, 11) is 0. The molecule has 0 aromatic carbocycles. The van der Waals surface area contributed by atoms with Crippen molar-refractivity contribution >= 4 is 34.7 Å². The van der Waals surface area contributed by atoms with Gasteiger partial charge in [0, 0.05) is 17.3 Å². The Labute approximate surface area is 153 Å². The van der Waals surface area contributed by atoms with Gasteiger partial charge in [0.25, 0.3) is 0 Å². The van der Waals surface area contributed by atoms with Crippen molar-refractivity contribution in [3.05, 3.63) is 48.4 Å². The maximum Gasteiger partial charge on any atom is 0.508 e. The second kappa shape index (κ2) is 7.20.